The molecule has 0 saturated heterocycles. The van der Waals surface area contributed by atoms with E-state index in [1.54, 1.807) is 12.4 Å². The first-order chi connectivity index (χ1) is 7.33. The third-order valence-corrected chi connectivity index (χ3v) is 1.88. The number of amidine groups is 1. The van der Waals surface area contributed by atoms with Gasteiger partial charge in [-0.2, -0.15) is 0 Å². The molecule has 4 nitrogen and oxygen atoms in total. The van der Waals surface area contributed by atoms with Gasteiger partial charge in [0.2, 0.25) is 0 Å². The van der Waals surface area contributed by atoms with Crippen LogP contribution in [0.5, 0.6) is 0 Å². The van der Waals surface area contributed by atoms with Crippen molar-refractivity contribution >= 4 is 39.0 Å². The van der Waals surface area contributed by atoms with Crippen molar-refractivity contribution in [1.82, 2.24) is 4.98 Å². The molecule has 0 unspecified atom stereocenters. The Morgan fingerprint density at radius 3 is 3.00 bits per heavy atom. The van der Waals surface area contributed by atoms with Gasteiger partial charge in [-0.15, -0.1) is 0 Å². The number of rotatable bonds is 3. The number of hydrogen-bond acceptors (Lipinski definition) is 2. The topological polar surface area (TPSA) is 50.0 Å². The fourth-order valence-corrected chi connectivity index (χ4v) is 1.07. The zero-order chi connectivity index (χ0) is 10.9. The predicted molar refractivity (Wildman–Crippen MR) is 72.0 cm³/mol. The summed E-state index contributed by atoms with van der Waals surface area (Å²) in [6, 6.07) is 5.61. The molecule has 0 radical (unpaired) electrons. The summed E-state index contributed by atoms with van der Waals surface area (Å²) in [4.78, 5) is 15.8. The zero-order valence-corrected chi connectivity index (χ0v) is 10.1. The highest BCUT2D eigenvalue weighted by Gasteiger charge is 1.84. The van der Waals surface area contributed by atoms with E-state index in [1.165, 1.54) is 12.5 Å². The maximum Gasteiger partial charge on any atom is 0.192 e. The Morgan fingerprint density at radius 1 is 1.47 bits per heavy atom. The van der Waals surface area contributed by atoms with Gasteiger partial charge in [0.25, 0.3) is 0 Å². The monoisotopic (exact) mass is 312 g/mol. The first-order valence-corrected chi connectivity index (χ1v) is 5.22. The molecule has 1 aromatic rings. The van der Waals surface area contributed by atoms with Gasteiger partial charge in [-0.3, -0.25) is 4.98 Å². The normalized spacial score (nSPS) is 12.5. The Labute approximate surface area is 102 Å². The SMILES string of the molecule is C=C\N=C(I)/N=C\N=C\c1ccccn1. The molecule has 0 aromatic carbocycles. The number of nitrogens with zero attached hydrogens (tertiary/aromatic N) is 4. The Balaban J connectivity index is 2.54. The first-order valence-electron chi connectivity index (χ1n) is 4.14. The summed E-state index contributed by atoms with van der Waals surface area (Å²) in [6.07, 6.45) is 6.19. The van der Waals surface area contributed by atoms with Crippen LogP contribution < -0.4 is 0 Å². The van der Waals surface area contributed by atoms with Crippen LogP contribution in [0.3, 0.4) is 0 Å². The minimum Gasteiger partial charge on any atom is -0.255 e. The summed E-state index contributed by atoms with van der Waals surface area (Å²) in [5, 5.41) is 0. The van der Waals surface area contributed by atoms with E-state index in [-0.39, 0.29) is 0 Å². The van der Waals surface area contributed by atoms with Gasteiger partial charge in [-0.25, -0.2) is 15.0 Å². The quantitative estimate of drug-likeness (QED) is 0.366. The van der Waals surface area contributed by atoms with Gasteiger partial charge >= 0.3 is 0 Å². The minimum absolute atomic E-state index is 0.584. The molecule has 0 aliphatic rings. The highest BCUT2D eigenvalue weighted by molar-refractivity contribution is 14.1. The van der Waals surface area contributed by atoms with Crippen LogP contribution in [0.2, 0.25) is 0 Å². The molecule has 0 atom stereocenters. The summed E-state index contributed by atoms with van der Waals surface area (Å²) >= 11 is 1.99. The summed E-state index contributed by atoms with van der Waals surface area (Å²) in [5.41, 5.74) is 0.791. The van der Waals surface area contributed by atoms with Crippen LogP contribution in [0.4, 0.5) is 0 Å². The molecular formula is C10H9IN4. The number of aliphatic imine (C=N–C) groups is 3. The average Bonchev–Trinajstić information content (AvgIpc) is 2.26. The second kappa shape index (κ2) is 6.99. The van der Waals surface area contributed by atoms with E-state index >= 15 is 0 Å². The third-order valence-electron chi connectivity index (χ3n) is 1.32. The fraction of sp³-hybridized carbons (Fsp3) is 0. The van der Waals surface area contributed by atoms with Crippen molar-refractivity contribution in [2.45, 2.75) is 0 Å². The Kier molecular flexibility index (Phi) is 5.46. The van der Waals surface area contributed by atoms with E-state index in [2.05, 4.69) is 26.5 Å². The minimum atomic E-state index is 0.584. The van der Waals surface area contributed by atoms with Gasteiger partial charge in [0.05, 0.1) is 11.9 Å². The van der Waals surface area contributed by atoms with Crippen molar-refractivity contribution in [1.29, 1.82) is 0 Å². The van der Waals surface area contributed by atoms with Crippen LogP contribution in [0.1, 0.15) is 5.69 Å². The van der Waals surface area contributed by atoms with E-state index in [4.69, 9.17) is 0 Å². The van der Waals surface area contributed by atoms with Crippen LogP contribution in [0.15, 0.2) is 52.2 Å². The highest BCUT2D eigenvalue weighted by atomic mass is 127. The lowest BCUT2D eigenvalue weighted by Gasteiger charge is -1.87. The molecule has 1 aromatic heterocycles. The molecule has 5 heteroatoms. The van der Waals surface area contributed by atoms with E-state index in [0.29, 0.717) is 3.84 Å². The molecule has 0 bridgehead atoms. The lowest BCUT2D eigenvalue weighted by atomic mass is 10.4. The van der Waals surface area contributed by atoms with Gasteiger partial charge < -0.3 is 0 Å². The number of halogens is 1. The predicted octanol–water partition coefficient (Wildman–Crippen LogP) is 2.46. The Morgan fingerprint density at radius 2 is 2.33 bits per heavy atom. The first kappa shape index (κ1) is 11.7. The molecule has 76 valence electrons. The van der Waals surface area contributed by atoms with Gasteiger partial charge in [-0.1, -0.05) is 12.6 Å². The summed E-state index contributed by atoms with van der Waals surface area (Å²) in [7, 11) is 0. The van der Waals surface area contributed by atoms with Crippen molar-refractivity contribution in [3.8, 4) is 0 Å². The van der Waals surface area contributed by atoms with Crippen LogP contribution in [-0.2, 0) is 0 Å². The van der Waals surface area contributed by atoms with Crippen molar-refractivity contribution in [2.24, 2.45) is 15.0 Å². The molecule has 1 rings (SSSR count). The van der Waals surface area contributed by atoms with Gasteiger partial charge in [0.15, 0.2) is 3.84 Å². The fourth-order valence-electron chi connectivity index (χ4n) is 0.752. The van der Waals surface area contributed by atoms with Gasteiger partial charge in [-0.05, 0) is 12.1 Å². The molecule has 0 N–H and O–H groups in total. The van der Waals surface area contributed by atoms with E-state index in [9.17, 15) is 0 Å². The van der Waals surface area contributed by atoms with Crippen LogP contribution in [0.25, 0.3) is 0 Å². The van der Waals surface area contributed by atoms with Crippen molar-refractivity contribution < 1.29 is 0 Å². The molecule has 0 aliphatic carbocycles. The second-order valence-electron chi connectivity index (χ2n) is 2.36. The zero-order valence-electron chi connectivity index (χ0n) is 7.92. The van der Waals surface area contributed by atoms with E-state index < -0.39 is 0 Å². The molecule has 0 saturated carbocycles. The van der Waals surface area contributed by atoms with Gasteiger partial charge in [0, 0.05) is 35.0 Å². The maximum absolute atomic E-state index is 4.07. The van der Waals surface area contributed by atoms with E-state index in [1.807, 2.05) is 40.8 Å². The van der Waals surface area contributed by atoms with Crippen molar-refractivity contribution in [2.75, 3.05) is 0 Å². The molecule has 1 heterocycles. The largest absolute Gasteiger partial charge is 0.255 e. The molecule has 0 spiro atoms. The molecule has 0 amide bonds. The molecular weight excluding hydrogens is 303 g/mol. The Hall–Kier alpha value is -1.37. The number of hydrogen-bond donors (Lipinski definition) is 0. The molecule has 0 fully saturated rings. The van der Waals surface area contributed by atoms with Crippen molar-refractivity contribution in [3.63, 3.8) is 0 Å². The molecule has 15 heavy (non-hydrogen) atoms. The third kappa shape index (κ3) is 5.16. The Bertz CT molecular complexity index is 395. The maximum atomic E-state index is 4.07. The molecule has 0 aliphatic heterocycles. The lowest BCUT2D eigenvalue weighted by Crippen LogP contribution is -1.85. The number of pyridine rings is 1. The average molecular weight is 312 g/mol. The van der Waals surface area contributed by atoms with Crippen LogP contribution >= 0.6 is 22.6 Å². The van der Waals surface area contributed by atoms with E-state index in [0.717, 1.165) is 5.69 Å². The smallest absolute Gasteiger partial charge is 0.192 e. The van der Waals surface area contributed by atoms with Crippen LogP contribution in [0, 0.1) is 0 Å². The summed E-state index contributed by atoms with van der Waals surface area (Å²) in [6.45, 7) is 3.46. The number of aromatic nitrogens is 1. The van der Waals surface area contributed by atoms with Crippen LogP contribution in [-0.4, -0.2) is 21.4 Å². The van der Waals surface area contributed by atoms with Gasteiger partial charge in [0.1, 0.15) is 6.34 Å². The summed E-state index contributed by atoms with van der Waals surface area (Å²) in [5.74, 6) is 0. The van der Waals surface area contributed by atoms with Crippen molar-refractivity contribution in [3.05, 3.63) is 42.9 Å². The standard InChI is InChI=1S/C10H9IN4/c1-2-13-10(11)15-8-12-7-9-5-3-4-6-14-9/h2-8H,1H2/b12-7+,13-10-,15-8-. The lowest BCUT2D eigenvalue weighted by molar-refractivity contribution is 1.30. The highest BCUT2D eigenvalue weighted by Crippen LogP contribution is 1.92. The second-order valence-corrected chi connectivity index (χ2v) is 3.32. The summed E-state index contributed by atoms with van der Waals surface area (Å²) < 4.78 is 0.584.